The maximum atomic E-state index is 12.2. The molecule has 1 saturated heterocycles. The van der Waals surface area contributed by atoms with E-state index in [-0.39, 0.29) is 12.0 Å². The highest BCUT2D eigenvalue weighted by Gasteiger charge is 2.36. The fraction of sp³-hybridized carbons (Fsp3) is 0.588. The van der Waals surface area contributed by atoms with Gasteiger partial charge in [0.05, 0.1) is 5.60 Å². The fourth-order valence-electron chi connectivity index (χ4n) is 2.87. The number of carbonyl (C=O) groups excluding carboxylic acids is 1. The van der Waals surface area contributed by atoms with Crippen molar-refractivity contribution in [1.82, 2.24) is 4.90 Å². The third-order valence-electron chi connectivity index (χ3n) is 4.20. The molecule has 1 aromatic rings. The van der Waals surface area contributed by atoms with Crippen LogP contribution in [0.3, 0.4) is 0 Å². The number of amides is 1. The van der Waals surface area contributed by atoms with Crippen LogP contribution in [0, 0.1) is 5.92 Å². The average Bonchev–Trinajstić information content (AvgIpc) is 2.53. The van der Waals surface area contributed by atoms with E-state index in [1.807, 2.05) is 43.5 Å². The van der Waals surface area contributed by atoms with Crippen molar-refractivity contribution >= 4 is 17.9 Å². The highest BCUT2D eigenvalue weighted by molar-refractivity contribution is 7.98. The molecule has 2 atom stereocenters. The summed E-state index contributed by atoms with van der Waals surface area (Å²) in [5.74, 6) is 0.794. The fourth-order valence-corrected chi connectivity index (χ4v) is 3.69. The standard InChI is InChI=1S/C17H25NO3S/c1-17(20,13-22-2)15-9-6-10-18(11-15)16(19)21-12-14-7-4-3-5-8-14/h3-5,7-8,15,20H,6,9-13H2,1-2H3/t15-,17+/m0/s1. The lowest BCUT2D eigenvalue weighted by atomic mass is 9.84. The van der Waals surface area contributed by atoms with Gasteiger partial charge in [0.1, 0.15) is 6.61 Å². The number of rotatable bonds is 5. The molecule has 1 aliphatic rings. The van der Waals surface area contributed by atoms with E-state index >= 15 is 0 Å². The maximum absolute atomic E-state index is 12.2. The molecule has 0 saturated carbocycles. The normalized spacial score (nSPS) is 21.2. The minimum absolute atomic E-state index is 0.109. The van der Waals surface area contributed by atoms with Crippen molar-refractivity contribution in [3.05, 3.63) is 35.9 Å². The molecule has 4 nitrogen and oxygen atoms in total. The van der Waals surface area contributed by atoms with Gasteiger partial charge in [0.25, 0.3) is 0 Å². The number of hydrogen-bond acceptors (Lipinski definition) is 4. The van der Waals surface area contributed by atoms with Gasteiger partial charge in [-0.2, -0.15) is 11.8 Å². The van der Waals surface area contributed by atoms with Crippen LogP contribution in [-0.4, -0.2) is 46.8 Å². The molecule has 0 unspecified atom stereocenters. The number of aliphatic hydroxyl groups is 1. The predicted octanol–water partition coefficient (Wildman–Crippen LogP) is 3.15. The summed E-state index contributed by atoms with van der Waals surface area (Å²) in [6.45, 7) is 3.44. The Labute approximate surface area is 136 Å². The summed E-state index contributed by atoms with van der Waals surface area (Å²) in [6, 6.07) is 9.68. The molecule has 1 fully saturated rings. The maximum Gasteiger partial charge on any atom is 0.410 e. The Morgan fingerprint density at radius 3 is 2.86 bits per heavy atom. The van der Waals surface area contributed by atoms with Gasteiger partial charge in [-0.25, -0.2) is 4.79 Å². The van der Waals surface area contributed by atoms with E-state index in [0.29, 0.717) is 25.4 Å². The molecule has 5 heteroatoms. The number of likely N-dealkylation sites (tertiary alicyclic amines) is 1. The Morgan fingerprint density at radius 1 is 1.45 bits per heavy atom. The summed E-state index contributed by atoms with van der Waals surface area (Å²) < 4.78 is 5.39. The summed E-state index contributed by atoms with van der Waals surface area (Å²) in [5, 5.41) is 10.5. The first-order valence-electron chi connectivity index (χ1n) is 7.70. The van der Waals surface area contributed by atoms with Crippen molar-refractivity contribution in [3.8, 4) is 0 Å². The average molecular weight is 323 g/mol. The van der Waals surface area contributed by atoms with Crippen LogP contribution in [0.5, 0.6) is 0 Å². The first-order valence-corrected chi connectivity index (χ1v) is 9.09. The van der Waals surface area contributed by atoms with E-state index in [9.17, 15) is 9.90 Å². The second-order valence-electron chi connectivity index (χ2n) is 6.12. The smallest absolute Gasteiger partial charge is 0.410 e. The third-order valence-corrected chi connectivity index (χ3v) is 5.07. The molecule has 1 amide bonds. The van der Waals surface area contributed by atoms with Crippen LogP contribution in [0.1, 0.15) is 25.3 Å². The minimum atomic E-state index is -0.738. The number of thioether (sulfide) groups is 1. The zero-order valence-electron chi connectivity index (χ0n) is 13.3. The van der Waals surface area contributed by atoms with E-state index < -0.39 is 5.60 Å². The number of ether oxygens (including phenoxy) is 1. The van der Waals surface area contributed by atoms with Gasteiger partial charge in [0, 0.05) is 24.8 Å². The molecule has 1 aromatic carbocycles. The van der Waals surface area contributed by atoms with Gasteiger partial charge in [-0.05, 0) is 31.6 Å². The van der Waals surface area contributed by atoms with E-state index in [1.165, 1.54) is 0 Å². The Morgan fingerprint density at radius 2 is 2.18 bits per heavy atom. The first kappa shape index (κ1) is 17.2. The number of nitrogens with zero attached hydrogens (tertiary/aromatic N) is 1. The second kappa shape index (κ2) is 7.88. The highest BCUT2D eigenvalue weighted by Crippen LogP contribution is 2.29. The third kappa shape index (κ3) is 4.65. The number of hydrogen-bond donors (Lipinski definition) is 1. The molecule has 122 valence electrons. The van der Waals surface area contributed by atoms with Crippen molar-refractivity contribution in [2.45, 2.75) is 32.0 Å². The summed E-state index contributed by atoms with van der Waals surface area (Å²) in [6.07, 6.45) is 3.57. The van der Waals surface area contributed by atoms with Crippen LogP contribution >= 0.6 is 11.8 Å². The molecule has 0 aliphatic carbocycles. The topological polar surface area (TPSA) is 49.8 Å². The Balaban J connectivity index is 1.87. The van der Waals surface area contributed by atoms with Crippen molar-refractivity contribution in [1.29, 1.82) is 0 Å². The highest BCUT2D eigenvalue weighted by atomic mass is 32.2. The summed E-state index contributed by atoms with van der Waals surface area (Å²) in [5.41, 5.74) is 0.247. The predicted molar refractivity (Wildman–Crippen MR) is 89.9 cm³/mol. The largest absolute Gasteiger partial charge is 0.445 e. The number of carbonyl (C=O) groups is 1. The number of piperidine rings is 1. The van der Waals surface area contributed by atoms with Crippen LogP contribution in [0.15, 0.2) is 30.3 Å². The van der Waals surface area contributed by atoms with Crippen molar-refractivity contribution < 1.29 is 14.6 Å². The summed E-state index contributed by atoms with van der Waals surface area (Å²) in [7, 11) is 0. The SMILES string of the molecule is CSC[C@@](C)(O)[C@H]1CCCN(C(=O)OCc2ccccc2)C1. The summed E-state index contributed by atoms with van der Waals surface area (Å²) in [4.78, 5) is 13.9. The zero-order chi connectivity index (χ0) is 16.0. The van der Waals surface area contributed by atoms with Gasteiger partial charge in [-0.1, -0.05) is 30.3 Å². The lowest BCUT2D eigenvalue weighted by Crippen LogP contribution is -2.49. The number of benzene rings is 1. The zero-order valence-corrected chi connectivity index (χ0v) is 14.1. The van der Waals surface area contributed by atoms with Gasteiger partial charge in [-0.15, -0.1) is 0 Å². The van der Waals surface area contributed by atoms with Crippen molar-refractivity contribution in [2.24, 2.45) is 5.92 Å². The lowest BCUT2D eigenvalue weighted by molar-refractivity contribution is -0.0147. The van der Waals surface area contributed by atoms with Gasteiger partial charge in [0.15, 0.2) is 0 Å². The van der Waals surface area contributed by atoms with Crippen LogP contribution in [0.4, 0.5) is 4.79 Å². The molecule has 22 heavy (non-hydrogen) atoms. The van der Waals surface area contributed by atoms with Crippen molar-refractivity contribution in [2.75, 3.05) is 25.1 Å². The van der Waals surface area contributed by atoms with Gasteiger partial charge >= 0.3 is 6.09 Å². The van der Waals surface area contributed by atoms with Crippen LogP contribution in [0.25, 0.3) is 0 Å². The molecule has 0 bridgehead atoms. The van der Waals surface area contributed by atoms with E-state index in [2.05, 4.69) is 0 Å². The van der Waals surface area contributed by atoms with Gasteiger partial charge in [-0.3, -0.25) is 0 Å². The molecule has 0 spiro atoms. The van der Waals surface area contributed by atoms with Crippen molar-refractivity contribution in [3.63, 3.8) is 0 Å². The van der Waals surface area contributed by atoms with Crippen LogP contribution < -0.4 is 0 Å². The Kier molecular flexibility index (Phi) is 6.15. The second-order valence-corrected chi connectivity index (χ2v) is 6.98. The first-order chi connectivity index (χ1) is 10.5. The quantitative estimate of drug-likeness (QED) is 0.904. The molecular formula is C17H25NO3S. The monoisotopic (exact) mass is 323 g/mol. The molecule has 0 aromatic heterocycles. The minimum Gasteiger partial charge on any atom is -0.445 e. The molecule has 2 rings (SSSR count). The molecule has 0 radical (unpaired) electrons. The molecule has 1 N–H and O–H groups in total. The lowest BCUT2D eigenvalue weighted by Gasteiger charge is -2.39. The van der Waals surface area contributed by atoms with E-state index in [0.717, 1.165) is 18.4 Å². The molecular weight excluding hydrogens is 298 g/mol. The van der Waals surface area contributed by atoms with Gasteiger partial charge in [0.2, 0.25) is 0 Å². The molecule has 1 heterocycles. The van der Waals surface area contributed by atoms with Crippen LogP contribution in [-0.2, 0) is 11.3 Å². The Bertz CT molecular complexity index is 478. The summed E-state index contributed by atoms with van der Waals surface area (Å²) >= 11 is 1.63. The van der Waals surface area contributed by atoms with Gasteiger partial charge < -0.3 is 14.7 Å². The Hall–Kier alpha value is -1.20. The molecule has 1 aliphatic heterocycles. The van der Waals surface area contributed by atoms with E-state index in [1.54, 1.807) is 16.7 Å². The van der Waals surface area contributed by atoms with Crippen LogP contribution in [0.2, 0.25) is 0 Å². The van der Waals surface area contributed by atoms with E-state index in [4.69, 9.17) is 4.74 Å².